The van der Waals surface area contributed by atoms with Gasteiger partial charge in [0, 0.05) is 5.56 Å². The Morgan fingerprint density at radius 3 is 1.86 bits per heavy atom. The number of carbonyl (C=O) groups excluding carboxylic acids is 2. The standard InChI is InChI=1S/C21H24O7/c1-13-6-14(2)8-16(7-13)27-12-20(23)28-11-17(22)15-9-18(24-3)21(26-5)19(10-15)25-4/h6-10H,11-12H2,1-5H3. The van der Waals surface area contributed by atoms with Gasteiger partial charge in [0.1, 0.15) is 5.75 Å². The lowest BCUT2D eigenvalue weighted by Gasteiger charge is -2.13. The van der Waals surface area contributed by atoms with Crippen molar-refractivity contribution < 1.29 is 33.3 Å². The minimum atomic E-state index is -0.639. The molecule has 28 heavy (non-hydrogen) atoms. The molecule has 0 heterocycles. The second kappa shape index (κ2) is 9.64. The highest BCUT2D eigenvalue weighted by Gasteiger charge is 2.18. The molecule has 2 rings (SSSR count). The Labute approximate surface area is 164 Å². The maximum Gasteiger partial charge on any atom is 0.344 e. The summed E-state index contributed by atoms with van der Waals surface area (Å²) in [6.07, 6.45) is 0. The van der Waals surface area contributed by atoms with Crippen LogP contribution >= 0.6 is 0 Å². The van der Waals surface area contributed by atoms with Gasteiger partial charge in [0.2, 0.25) is 11.5 Å². The van der Waals surface area contributed by atoms with Crippen LogP contribution in [0.2, 0.25) is 0 Å². The molecule has 0 aliphatic heterocycles. The van der Waals surface area contributed by atoms with E-state index in [0.717, 1.165) is 11.1 Å². The Morgan fingerprint density at radius 1 is 0.786 bits per heavy atom. The maximum atomic E-state index is 12.4. The number of methoxy groups -OCH3 is 3. The van der Waals surface area contributed by atoms with Gasteiger partial charge in [-0.2, -0.15) is 0 Å². The van der Waals surface area contributed by atoms with Crippen LogP contribution in [-0.2, 0) is 9.53 Å². The fourth-order valence-electron chi connectivity index (χ4n) is 2.67. The molecule has 150 valence electrons. The van der Waals surface area contributed by atoms with E-state index in [0.29, 0.717) is 23.0 Å². The molecule has 0 fully saturated rings. The van der Waals surface area contributed by atoms with Gasteiger partial charge in [-0.25, -0.2) is 4.79 Å². The first-order valence-corrected chi connectivity index (χ1v) is 8.57. The van der Waals surface area contributed by atoms with Crippen LogP contribution in [-0.4, -0.2) is 46.3 Å². The summed E-state index contributed by atoms with van der Waals surface area (Å²) in [6, 6.07) is 8.65. The van der Waals surface area contributed by atoms with Crippen molar-refractivity contribution >= 4 is 11.8 Å². The van der Waals surface area contributed by atoms with E-state index in [1.807, 2.05) is 32.0 Å². The van der Waals surface area contributed by atoms with E-state index in [9.17, 15) is 9.59 Å². The van der Waals surface area contributed by atoms with Crippen LogP contribution in [0, 0.1) is 13.8 Å². The van der Waals surface area contributed by atoms with Crippen LogP contribution in [0.25, 0.3) is 0 Å². The van der Waals surface area contributed by atoms with E-state index in [2.05, 4.69) is 0 Å². The zero-order valence-corrected chi connectivity index (χ0v) is 16.7. The van der Waals surface area contributed by atoms with Gasteiger partial charge >= 0.3 is 5.97 Å². The molecule has 0 aliphatic carbocycles. The van der Waals surface area contributed by atoms with Crippen molar-refractivity contribution in [1.82, 2.24) is 0 Å². The molecule has 0 saturated carbocycles. The normalized spacial score (nSPS) is 10.2. The number of hydrogen-bond acceptors (Lipinski definition) is 7. The van der Waals surface area contributed by atoms with Crippen LogP contribution < -0.4 is 18.9 Å². The van der Waals surface area contributed by atoms with Crippen molar-refractivity contribution in [2.24, 2.45) is 0 Å². The number of rotatable bonds is 9. The minimum Gasteiger partial charge on any atom is -0.493 e. The van der Waals surface area contributed by atoms with Crippen LogP contribution in [0.1, 0.15) is 21.5 Å². The first-order valence-electron chi connectivity index (χ1n) is 8.57. The molecule has 0 unspecified atom stereocenters. The van der Waals surface area contributed by atoms with Crippen LogP contribution in [0.4, 0.5) is 0 Å². The lowest BCUT2D eigenvalue weighted by atomic mass is 10.1. The third kappa shape index (κ3) is 5.39. The number of hydrogen-bond donors (Lipinski definition) is 0. The summed E-state index contributed by atoms with van der Waals surface area (Å²) in [6.45, 7) is 3.17. The largest absolute Gasteiger partial charge is 0.493 e. The van der Waals surface area contributed by atoms with Crippen LogP contribution in [0.15, 0.2) is 30.3 Å². The third-order valence-corrected chi connectivity index (χ3v) is 3.90. The zero-order valence-electron chi connectivity index (χ0n) is 16.7. The summed E-state index contributed by atoms with van der Waals surface area (Å²) >= 11 is 0. The molecule has 0 amide bonds. The van der Waals surface area contributed by atoms with Crippen molar-refractivity contribution in [1.29, 1.82) is 0 Å². The first kappa shape index (κ1) is 21.1. The van der Waals surface area contributed by atoms with E-state index in [1.54, 1.807) is 0 Å². The van der Waals surface area contributed by atoms with Gasteiger partial charge in [-0.15, -0.1) is 0 Å². The Kier molecular flexibility index (Phi) is 7.26. The van der Waals surface area contributed by atoms with Gasteiger partial charge in [0.05, 0.1) is 21.3 Å². The van der Waals surface area contributed by atoms with Crippen molar-refractivity contribution in [2.45, 2.75) is 13.8 Å². The predicted molar refractivity (Wildman–Crippen MR) is 103 cm³/mol. The second-order valence-electron chi connectivity index (χ2n) is 6.11. The Bertz CT molecular complexity index is 813. The quantitative estimate of drug-likeness (QED) is 0.482. The van der Waals surface area contributed by atoms with Crippen molar-refractivity contribution in [3.05, 3.63) is 47.0 Å². The molecule has 0 spiro atoms. The summed E-state index contributed by atoms with van der Waals surface area (Å²) < 4.78 is 26.1. The summed E-state index contributed by atoms with van der Waals surface area (Å²) in [7, 11) is 4.38. The van der Waals surface area contributed by atoms with Gasteiger partial charge < -0.3 is 23.7 Å². The first-order chi connectivity index (χ1) is 13.4. The molecule has 7 nitrogen and oxygen atoms in total. The van der Waals surface area contributed by atoms with E-state index in [1.165, 1.54) is 33.5 Å². The van der Waals surface area contributed by atoms with Gasteiger partial charge in [-0.1, -0.05) is 6.07 Å². The highest BCUT2D eigenvalue weighted by molar-refractivity contribution is 5.99. The lowest BCUT2D eigenvalue weighted by Crippen LogP contribution is -2.19. The highest BCUT2D eigenvalue weighted by Crippen LogP contribution is 2.38. The molecule has 2 aromatic rings. The van der Waals surface area contributed by atoms with Gasteiger partial charge in [0.25, 0.3) is 0 Å². The van der Waals surface area contributed by atoms with Crippen molar-refractivity contribution in [2.75, 3.05) is 34.5 Å². The summed E-state index contributed by atoms with van der Waals surface area (Å²) in [5, 5.41) is 0. The fourth-order valence-corrected chi connectivity index (χ4v) is 2.67. The van der Waals surface area contributed by atoms with E-state index < -0.39 is 18.4 Å². The van der Waals surface area contributed by atoms with Gasteiger partial charge in [-0.3, -0.25) is 4.79 Å². The number of benzene rings is 2. The highest BCUT2D eigenvalue weighted by atomic mass is 16.6. The Morgan fingerprint density at radius 2 is 1.36 bits per heavy atom. The molecule has 0 atom stereocenters. The van der Waals surface area contributed by atoms with Crippen LogP contribution in [0.5, 0.6) is 23.0 Å². The Balaban J connectivity index is 1.96. The monoisotopic (exact) mass is 388 g/mol. The average molecular weight is 388 g/mol. The van der Waals surface area contributed by atoms with Crippen LogP contribution in [0.3, 0.4) is 0 Å². The number of ether oxygens (including phenoxy) is 5. The summed E-state index contributed by atoms with van der Waals surface area (Å²) in [5.41, 5.74) is 2.33. The lowest BCUT2D eigenvalue weighted by molar-refractivity contribution is -0.144. The molecular formula is C21H24O7. The minimum absolute atomic E-state index is 0.275. The van der Waals surface area contributed by atoms with Crippen molar-refractivity contribution in [3.63, 3.8) is 0 Å². The van der Waals surface area contributed by atoms with E-state index in [4.69, 9.17) is 23.7 Å². The topological polar surface area (TPSA) is 80.3 Å². The van der Waals surface area contributed by atoms with Gasteiger partial charge in [-0.05, 0) is 49.2 Å². The summed E-state index contributed by atoms with van der Waals surface area (Å²) in [4.78, 5) is 24.3. The third-order valence-electron chi connectivity index (χ3n) is 3.90. The molecule has 0 N–H and O–H groups in total. The molecule has 0 bridgehead atoms. The van der Waals surface area contributed by atoms with E-state index >= 15 is 0 Å². The number of esters is 1. The molecule has 0 saturated heterocycles. The summed E-state index contributed by atoms with van der Waals surface area (Å²) in [5.74, 6) is 0.592. The molecule has 0 radical (unpaired) electrons. The molecule has 2 aromatic carbocycles. The molecular weight excluding hydrogens is 364 g/mol. The number of carbonyl (C=O) groups is 2. The molecule has 7 heteroatoms. The molecule has 0 aliphatic rings. The second-order valence-corrected chi connectivity index (χ2v) is 6.11. The maximum absolute atomic E-state index is 12.4. The molecule has 0 aromatic heterocycles. The van der Waals surface area contributed by atoms with Crippen molar-refractivity contribution in [3.8, 4) is 23.0 Å². The SMILES string of the molecule is COc1cc(C(=O)COC(=O)COc2cc(C)cc(C)c2)cc(OC)c1OC. The predicted octanol–water partition coefficient (Wildman–Crippen LogP) is 3.13. The Hall–Kier alpha value is -3.22. The fraction of sp³-hybridized carbons (Fsp3) is 0.333. The smallest absolute Gasteiger partial charge is 0.344 e. The van der Waals surface area contributed by atoms with E-state index in [-0.39, 0.29) is 12.2 Å². The number of aryl methyl sites for hydroxylation is 2. The average Bonchev–Trinajstić information content (AvgIpc) is 2.68. The zero-order chi connectivity index (χ0) is 20.7. The number of ketones is 1. The van der Waals surface area contributed by atoms with Gasteiger partial charge in [0.15, 0.2) is 24.7 Å². The number of Topliss-reactive ketones (excluding diaryl/α,β-unsaturated/α-hetero) is 1.